The summed E-state index contributed by atoms with van der Waals surface area (Å²) < 4.78 is 12.1. The summed E-state index contributed by atoms with van der Waals surface area (Å²) in [5, 5.41) is 13.3. The summed E-state index contributed by atoms with van der Waals surface area (Å²) in [6.07, 6.45) is 8.09. The summed E-state index contributed by atoms with van der Waals surface area (Å²) in [5.74, 6) is 0.825. The molecule has 0 aromatic rings. The summed E-state index contributed by atoms with van der Waals surface area (Å²) in [7, 11) is 4.08. The van der Waals surface area contributed by atoms with Gasteiger partial charge in [-0.25, -0.2) is 0 Å². The maximum Gasteiger partial charge on any atom is 0.222 e. The van der Waals surface area contributed by atoms with E-state index in [1.165, 1.54) is 25.7 Å². The van der Waals surface area contributed by atoms with Gasteiger partial charge in [0.05, 0.1) is 37.9 Å². The summed E-state index contributed by atoms with van der Waals surface area (Å²) in [5.41, 5.74) is 0. The third-order valence-electron chi connectivity index (χ3n) is 6.57. The standard InChI is InChI=1S/C22H41N3O4/c1-24(2)11-5-10-23-22(27)12-19-8-9-20-21(29-19)16-28-15-18(26)14-25(20)13-17-6-3-4-7-17/h17-21,26H,3-16H2,1-2H3,(H,23,27)/t18-,19-,20-,21+/m0/s1. The largest absolute Gasteiger partial charge is 0.389 e. The van der Waals surface area contributed by atoms with E-state index in [-0.39, 0.29) is 24.2 Å². The van der Waals surface area contributed by atoms with Gasteiger partial charge in [0.2, 0.25) is 5.91 Å². The molecule has 2 aliphatic heterocycles. The molecule has 2 heterocycles. The van der Waals surface area contributed by atoms with Crippen LogP contribution in [0.3, 0.4) is 0 Å². The molecule has 0 spiro atoms. The third-order valence-corrected chi connectivity index (χ3v) is 6.57. The Kier molecular flexibility index (Phi) is 9.18. The van der Waals surface area contributed by atoms with Gasteiger partial charge in [0, 0.05) is 25.7 Å². The molecule has 3 fully saturated rings. The molecule has 7 heteroatoms. The minimum Gasteiger partial charge on any atom is -0.389 e. The van der Waals surface area contributed by atoms with Crippen LogP contribution in [0.5, 0.6) is 0 Å². The van der Waals surface area contributed by atoms with E-state index in [9.17, 15) is 9.90 Å². The first kappa shape index (κ1) is 22.9. The molecule has 2 saturated heterocycles. The first-order valence-corrected chi connectivity index (χ1v) is 11.6. The van der Waals surface area contributed by atoms with Crippen molar-refractivity contribution in [3.05, 3.63) is 0 Å². The van der Waals surface area contributed by atoms with Crippen LogP contribution in [-0.2, 0) is 14.3 Å². The second kappa shape index (κ2) is 11.6. The number of carbonyl (C=O) groups is 1. The molecule has 1 aliphatic carbocycles. The number of hydrogen-bond donors (Lipinski definition) is 2. The van der Waals surface area contributed by atoms with Gasteiger partial charge in [-0.1, -0.05) is 12.8 Å². The van der Waals surface area contributed by atoms with Crippen molar-refractivity contribution in [1.82, 2.24) is 15.1 Å². The normalized spacial score (nSPS) is 32.0. The number of nitrogens with zero attached hydrogens (tertiary/aromatic N) is 2. The molecule has 29 heavy (non-hydrogen) atoms. The lowest BCUT2D eigenvalue weighted by molar-refractivity contribution is -0.158. The van der Waals surface area contributed by atoms with Gasteiger partial charge >= 0.3 is 0 Å². The topological polar surface area (TPSA) is 74.3 Å². The maximum atomic E-state index is 12.3. The van der Waals surface area contributed by atoms with E-state index in [1.807, 2.05) is 14.1 Å². The van der Waals surface area contributed by atoms with E-state index in [4.69, 9.17) is 9.47 Å². The average molecular weight is 412 g/mol. The van der Waals surface area contributed by atoms with Crippen molar-refractivity contribution < 1.29 is 19.4 Å². The van der Waals surface area contributed by atoms with E-state index in [0.717, 1.165) is 38.3 Å². The molecule has 4 atom stereocenters. The van der Waals surface area contributed by atoms with Crippen molar-refractivity contribution in [1.29, 1.82) is 0 Å². The number of aliphatic hydroxyl groups excluding tert-OH is 1. The predicted octanol–water partition coefficient (Wildman–Crippen LogP) is 1.24. The lowest BCUT2D eigenvalue weighted by atomic mass is 9.93. The Morgan fingerprint density at radius 3 is 2.72 bits per heavy atom. The van der Waals surface area contributed by atoms with Gasteiger partial charge in [0.1, 0.15) is 0 Å². The van der Waals surface area contributed by atoms with Crippen LogP contribution in [0.15, 0.2) is 0 Å². The van der Waals surface area contributed by atoms with Gasteiger partial charge in [-0.05, 0) is 58.7 Å². The molecule has 0 bridgehead atoms. The molecule has 1 amide bonds. The average Bonchev–Trinajstić information content (AvgIpc) is 3.17. The highest BCUT2D eigenvalue weighted by atomic mass is 16.5. The van der Waals surface area contributed by atoms with Crippen LogP contribution in [-0.4, -0.2) is 98.7 Å². The lowest BCUT2D eigenvalue weighted by Crippen LogP contribution is -2.56. The number of hydrogen-bond acceptors (Lipinski definition) is 6. The highest BCUT2D eigenvalue weighted by Gasteiger charge is 2.38. The highest BCUT2D eigenvalue weighted by Crippen LogP contribution is 2.31. The summed E-state index contributed by atoms with van der Waals surface area (Å²) in [4.78, 5) is 16.9. The van der Waals surface area contributed by atoms with Crippen LogP contribution >= 0.6 is 0 Å². The molecule has 0 radical (unpaired) electrons. The fourth-order valence-electron chi connectivity index (χ4n) is 5.08. The number of amides is 1. The maximum absolute atomic E-state index is 12.3. The SMILES string of the molecule is CN(C)CCCNC(=O)C[C@@H]1CC[C@H]2[C@@H](COC[C@@H](O)CN2CC2CCCC2)O1. The zero-order chi connectivity index (χ0) is 20.6. The monoisotopic (exact) mass is 411 g/mol. The quantitative estimate of drug-likeness (QED) is 0.586. The molecule has 3 aliphatic rings. The van der Waals surface area contributed by atoms with Crippen molar-refractivity contribution >= 4 is 5.91 Å². The van der Waals surface area contributed by atoms with E-state index in [2.05, 4.69) is 15.1 Å². The van der Waals surface area contributed by atoms with Crippen LogP contribution < -0.4 is 5.32 Å². The van der Waals surface area contributed by atoms with Crippen molar-refractivity contribution in [2.45, 2.75) is 75.7 Å². The van der Waals surface area contributed by atoms with Crippen LogP contribution in [0.4, 0.5) is 0 Å². The van der Waals surface area contributed by atoms with Gasteiger partial charge in [-0.2, -0.15) is 0 Å². The lowest BCUT2D eigenvalue weighted by Gasteiger charge is -2.45. The van der Waals surface area contributed by atoms with E-state index in [0.29, 0.717) is 32.7 Å². The van der Waals surface area contributed by atoms with E-state index in [1.54, 1.807) is 0 Å². The van der Waals surface area contributed by atoms with Crippen molar-refractivity contribution in [2.75, 3.05) is 53.5 Å². The number of nitrogens with one attached hydrogen (secondary N) is 1. The minimum atomic E-state index is -0.428. The molecule has 168 valence electrons. The minimum absolute atomic E-state index is 0.0100. The molecule has 1 saturated carbocycles. The molecule has 0 unspecified atom stereocenters. The van der Waals surface area contributed by atoms with Crippen molar-refractivity contribution in [2.24, 2.45) is 5.92 Å². The van der Waals surface area contributed by atoms with E-state index >= 15 is 0 Å². The number of rotatable bonds is 8. The summed E-state index contributed by atoms with van der Waals surface area (Å²) in [6.45, 7) is 4.28. The third kappa shape index (κ3) is 7.47. The zero-order valence-corrected chi connectivity index (χ0v) is 18.4. The van der Waals surface area contributed by atoms with Crippen molar-refractivity contribution in [3.63, 3.8) is 0 Å². The number of fused-ring (bicyclic) bond motifs is 1. The van der Waals surface area contributed by atoms with Gasteiger partial charge in [0.25, 0.3) is 0 Å². The molecular formula is C22H41N3O4. The molecule has 3 rings (SSSR count). The Bertz CT molecular complexity index is 498. The number of aliphatic hydroxyl groups is 1. The molecule has 2 N–H and O–H groups in total. The Balaban J connectivity index is 1.49. The summed E-state index contributed by atoms with van der Waals surface area (Å²) >= 11 is 0. The highest BCUT2D eigenvalue weighted by molar-refractivity contribution is 5.76. The Morgan fingerprint density at radius 1 is 1.17 bits per heavy atom. The second-order valence-electron chi connectivity index (χ2n) is 9.45. The molecular weight excluding hydrogens is 370 g/mol. The Morgan fingerprint density at radius 2 is 1.97 bits per heavy atom. The second-order valence-corrected chi connectivity index (χ2v) is 9.45. The molecule has 7 nitrogen and oxygen atoms in total. The fraction of sp³-hybridized carbons (Fsp3) is 0.955. The van der Waals surface area contributed by atoms with Crippen LogP contribution in [0.25, 0.3) is 0 Å². The number of carbonyl (C=O) groups excluding carboxylic acids is 1. The first-order chi connectivity index (χ1) is 14.0. The molecule has 0 aromatic carbocycles. The van der Waals surface area contributed by atoms with Crippen molar-refractivity contribution in [3.8, 4) is 0 Å². The van der Waals surface area contributed by atoms with Crippen LogP contribution in [0, 0.1) is 5.92 Å². The van der Waals surface area contributed by atoms with Gasteiger partial charge < -0.3 is 24.8 Å². The Labute approximate surface area is 176 Å². The fourth-order valence-corrected chi connectivity index (χ4v) is 5.08. The molecule has 0 aromatic heterocycles. The van der Waals surface area contributed by atoms with Crippen LogP contribution in [0.2, 0.25) is 0 Å². The number of ether oxygens (including phenoxy) is 2. The summed E-state index contributed by atoms with van der Waals surface area (Å²) in [6, 6.07) is 0.282. The van der Waals surface area contributed by atoms with Crippen LogP contribution in [0.1, 0.15) is 51.4 Å². The zero-order valence-electron chi connectivity index (χ0n) is 18.4. The smallest absolute Gasteiger partial charge is 0.222 e. The van der Waals surface area contributed by atoms with Gasteiger partial charge in [-0.3, -0.25) is 9.69 Å². The van der Waals surface area contributed by atoms with Gasteiger partial charge in [0.15, 0.2) is 0 Å². The first-order valence-electron chi connectivity index (χ1n) is 11.6. The van der Waals surface area contributed by atoms with E-state index < -0.39 is 6.10 Å². The Hall–Kier alpha value is -0.730. The number of β-amino-alcohol motifs (C(OH)–C–C–N with tert-alkyl or cyclic N) is 1. The predicted molar refractivity (Wildman–Crippen MR) is 113 cm³/mol. The van der Waals surface area contributed by atoms with Gasteiger partial charge in [-0.15, -0.1) is 0 Å².